The second kappa shape index (κ2) is 10.1. The van der Waals surface area contributed by atoms with E-state index in [2.05, 4.69) is 53.4 Å². The van der Waals surface area contributed by atoms with Gasteiger partial charge in [-0.1, -0.05) is 12.1 Å². The van der Waals surface area contributed by atoms with Crippen LogP contribution in [0.2, 0.25) is 0 Å². The van der Waals surface area contributed by atoms with Crippen LogP contribution < -0.4 is 10.1 Å². The van der Waals surface area contributed by atoms with Gasteiger partial charge in [-0.25, -0.2) is 0 Å². The Bertz CT molecular complexity index is 512. The van der Waals surface area contributed by atoms with Crippen LogP contribution in [0.4, 0.5) is 0 Å². The fourth-order valence-corrected chi connectivity index (χ4v) is 2.91. The average Bonchev–Trinajstić information content (AvgIpc) is 3.36. The number of hydrogen-bond acceptors (Lipinski definition) is 3. The molecule has 1 aromatic carbocycles. The maximum Gasteiger partial charge on any atom is 0.193 e. The van der Waals surface area contributed by atoms with Crippen molar-refractivity contribution in [3.8, 4) is 5.75 Å². The van der Waals surface area contributed by atoms with Crippen LogP contribution in [-0.2, 0) is 6.54 Å². The Morgan fingerprint density at radius 2 is 1.88 bits per heavy atom. The molecule has 24 heavy (non-hydrogen) atoms. The molecular weight excluding hydrogens is 415 g/mol. The van der Waals surface area contributed by atoms with Crippen molar-refractivity contribution < 1.29 is 4.74 Å². The van der Waals surface area contributed by atoms with Crippen molar-refractivity contribution in [3.05, 3.63) is 29.8 Å². The third-order valence-electron chi connectivity index (χ3n) is 4.45. The van der Waals surface area contributed by atoms with Gasteiger partial charge in [-0.15, -0.1) is 24.0 Å². The maximum absolute atomic E-state index is 5.20. The van der Waals surface area contributed by atoms with Gasteiger partial charge in [-0.3, -0.25) is 4.99 Å². The van der Waals surface area contributed by atoms with E-state index in [1.54, 1.807) is 7.11 Å². The van der Waals surface area contributed by atoms with Crippen LogP contribution in [0.25, 0.3) is 0 Å². The van der Waals surface area contributed by atoms with Gasteiger partial charge in [0.05, 0.1) is 7.11 Å². The van der Waals surface area contributed by atoms with E-state index in [9.17, 15) is 0 Å². The van der Waals surface area contributed by atoms with Crippen LogP contribution in [0.3, 0.4) is 0 Å². The number of guanidine groups is 1. The van der Waals surface area contributed by atoms with Crippen molar-refractivity contribution in [3.63, 3.8) is 0 Å². The second-order valence-electron chi connectivity index (χ2n) is 6.50. The highest BCUT2D eigenvalue weighted by molar-refractivity contribution is 14.0. The maximum atomic E-state index is 5.20. The lowest BCUT2D eigenvalue weighted by atomic mass is 10.1. The first-order valence-electron chi connectivity index (χ1n) is 8.26. The molecule has 1 aliphatic rings. The molecule has 1 fully saturated rings. The summed E-state index contributed by atoms with van der Waals surface area (Å²) in [6.45, 7) is 1.76. The summed E-state index contributed by atoms with van der Waals surface area (Å²) in [7, 11) is 9.92. The number of nitrogens with one attached hydrogen (secondary N) is 1. The van der Waals surface area contributed by atoms with E-state index >= 15 is 0 Å². The topological polar surface area (TPSA) is 40.1 Å². The normalized spacial score (nSPS) is 15.7. The van der Waals surface area contributed by atoms with Crippen molar-refractivity contribution >= 4 is 29.9 Å². The van der Waals surface area contributed by atoms with Crippen molar-refractivity contribution in [1.29, 1.82) is 0 Å². The lowest BCUT2D eigenvalue weighted by molar-refractivity contribution is 0.262. The van der Waals surface area contributed by atoms with Crippen LogP contribution in [0.15, 0.2) is 29.3 Å². The molecule has 136 valence electrons. The van der Waals surface area contributed by atoms with Gasteiger partial charge in [0.15, 0.2) is 5.96 Å². The van der Waals surface area contributed by atoms with Gasteiger partial charge < -0.3 is 19.9 Å². The molecule has 0 bridgehead atoms. The van der Waals surface area contributed by atoms with Crippen molar-refractivity contribution in [2.45, 2.75) is 25.4 Å². The van der Waals surface area contributed by atoms with E-state index in [4.69, 9.17) is 4.74 Å². The molecule has 1 aromatic rings. The van der Waals surface area contributed by atoms with Gasteiger partial charge in [-0.2, -0.15) is 0 Å². The number of rotatable bonds is 7. The minimum atomic E-state index is 0. The third-order valence-corrected chi connectivity index (χ3v) is 4.45. The minimum Gasteiger partial charge on any atom is -0.497 e. The van der Waals surface area contributed by atoms with Crippen LogP contribution in [0.1, 0.15) is 18.4 Å². The van der Waals surface area contributed by atoms with Crippen molar-refractivity contribution in [2.75, 3.05) is 41.8 Å². The summed E-state index contributed by atoms with van der Waals surface area (Å²) in [5, 5.41) is 3.52. The molecule has 0 amide bonds. The smallest absolute Gasteiger partial charge is 0.193 e. The lowest BCUT2D eigenvalue weighted by Gasteiger charge is -2.28. The highest BCUT2D eigenvalue weighted by atomic mass is 127. The Kier molecular flexibility index (Phi) is 8.83. The first-order chi connectivity index (χ1) is 11.0. The Hall–Kier alpha value is -1.02. The highest BCUT2D eigenvalue weighted by Crippen LogP contribution is 2.34. The SMILES string of the molecule is CN=C(NCC(C1CC1)N(C)C)N(C)Cc1ccc(OC)cc1.I. The monoisotopic (exact) mass is 446 g/mol. The molecule has 0 spiro atoms. The largest absolute Gasteiger partial charge is 0.497 e. The van der Waals surface area contributed by atoms with Gasteiger partial charge >= 0.3 is 0 Å². The van der Waals surface area contributed by atoms with Crippen LogP contribution >= 0.6 is 24.0 Å². The first kappa shape index (κ1) is 21.0. The molecule has 1 saturated carbocycles. The molecule has 0 radical (unpaired) electrons. The molecule has 6 heteroatoms. The molecular formula is C18H31IN4O. The molecule has 1 N–H and O–H groups in total. The molecule has 0 heterocycles. The quantitative estimate of drug-likeness (QED) is 0.397. The number of methoxy groups -OCH3 is 1. The number of ether oxygens (including phenoxy) is 1. The molecule has 1 atom stereocenters. The van der Waals surface area contributed by atoms with Crippen LogP contribution in [-0.4, -0.2) is 63.6 Å². The summed E-state index contributed by atoms with van der Waals surface area (Å²) in [5.74, 6) is 2.66. The molecule has 0 saturated heterocycles. The zero-order valence-electron chi connectivity index (χ0n) is 15.5. The minimum absolute atomic E-state index is 0. The predicted octanol–water partition coefficient (Wildman–Crippen LogP) is 2.66. The highest BCUT2D eigenvalue weighted by Gasteiger charge is 2.32. The van der Waals surface area contributed by atoms with Crippen LogP contribution in [0.5, 0.6) is 5.75 Å². The number of benzene rings is 1. The zero-order chi connectivity index (χ0) is 16.8. The van der Waals surface area contributed by atoms with Gasteiger partial charge in [0.2, 0.25) is 0 Å². The summed E-state index contributed by atoms with van der Waals surface area (Å²) < 4.78 is 5.20. The fraction of sp³-hybridized carbons (Fsp3) is 0.611. The van der Waals surface area contributed by atoms with Crippen molar-refractivity contribution in [1.82, 2.24) is 15.1 Å². The Labute approximate surface area is 163 Å². The summed E-state index contributed by atoms with van der Waals surface area (Å²) in [4.78, 5) is 8.89. The van der Waals surface area contributed by atoms with E-state index in [0.717, 1.165) is 30.7 Å². The summed E-state index contributed by atoms with van der Waals surface area (Å²) >= 11 is 0. The van der Waals surface area contributed by atoms with Gasteiger partial charge in [-0.05, 0) is 50.6 Å². The Morgan fingerprint density at radius 1 is 1.25 bits per heavy atom. The molecule has 0 aliphatic heterocycles. The number of nitrogens with zero attached hydrogens (tertiary/aromatic N) is 3. The number of halogens is 1. The zero-order valence-corrected chi connectivity index (χ0v) is 17.8. The van der Waals surface area contributed by atoms with E-state index < -0.39 is 0 Å². The summed E-state index contributed by atoms with van der Waals surface area (Å²) in [5.41, 5.74) is 1.24. The van der Waals surface area contributed by atoms with E-state index in [1.165, 1.54) is 18.4 Å². The summed E-state index contributed by atoms with van der Waals surface area (Å²) in [6.07, 6.45) is 2.70. The first-order valence-corrected chi connectivity index (χ1v) is 8.26. The molecule has 2 rings (SSSR count). The number of likely N-dealkylation sites (N-methyl/N-ethyl adjacent to an activating group) is 1. The number of hydrogen-bond donors (Lipinski definition) is 1. The molecule has 1 unspecified atom stereocenters. The third kappa shape index (κ3) is 6.12. The van der Waals surface area contributed by atoms with Crippen LogP contribution in [0, 0.1) is 5.92 Å². The van der Waals surface area contributed by atoms with Crippen molar-refractivity contribution in [2.24, 2.45) is 10.9 Å². The predicted molar refractivity (Wildman–Crippen MR) is 111 cm³/mol. The Morgan fingerprint density at radius 3 is 2.33 bits per heavy atom. The molecule has 5 nitrogen and oxygen atoms in total. The van der Waals surface area contributed by atoms with E-state index in [1.807, 2.05) is 19.2 Å². The van der Waals surface area contributed by atoms with Gasteiger partial charge in [0.25, 0.3) is 0 Å². The fourth-order valence-electron chi connectivity index (χ4n) is 2.91. The Balaban J connectivity index is 0.00000288. The molecule has 1 aliphatic carbocycles. The second-order valence-corrected chi connectivity index (χ2v) is 6.50. The van der Waals surface area contributed by atoms with Gasteiger partial charge in [0.1, 0.15) is 5.75 Å². The molecule has 0 aromatic heterocycles. The average molecular weight is 446 g/mol. The standard InChI is InChI=1S/C18H30N4O.HI/c1-19-18(20-12-17(21(2)3)15-8-9-15)22(4)13-14-6-10-16(23-5)11-7-14;/h6-7,10-11,15,17H,8-9,12-13H2,1-5H3,(H,19,20);1H. The van der Waals surface area contributed by atoms with Gasteiger partial charge in [0, 0.05) is 33.2 Å². The number of aliphatic imine (C=N–C) groups is 1. The van der Waals surface area contributed by atoms with E-state index in [-0.39, 0.29) is 24.0 Å². The lowest BCUT2D eigenvalue weighted by Crippen LogP contribution is -2.46. The summed E-state index contributed by atoms with van der Waals surface area (Å²) in [6, 6.07) is 8.76. The van der Waals surface area contributed by atoms with E-state index in [0.29, 0.717) is 6.04 Å².